The number of rotatable bonds is 6. The number of hydrogen-bond donors (Lipinski definition) is 1. The second-order valence-electron chi connectivity index (χ2n) is 3.49. The summed E-state index contributed by atoms with van der Waals surface area (Å²) in [5.41, 5.74) is 1.09. The number of methoxy groups -OCH3 is 1. The van der Waals surface area contributed by atoms with Gasteiger partial charge in [-0.3, -0.25) is 0 Å². The third kappa shape index (κ3) is 3.90. The molecule has 0 amide bonds. The van der Waals surface area contributed by atoms with Gasteiger partial charge in [-0.1, -0.05) is 18.2 Å². The van der Waals surface area contributed by atoms with Crippen molar-refractivity contribution < 1.29 is 9.47 Å². The molecule has 0 saturated heterocycles. The molecule has 1 rings (SSSR count). The lowest BCUT2D eigenvalue weighted by molar-refractivity contribution is 0.0533. The first kappa shape index (κ1) is 12.0. The molecule has 1 atom stereocenters. The van der Waals surface area contributed by atoms with Gasteiger partial charge in [0.25, 0.3) is 0 Å². The molecule has 0 aliphatic carbocycles. The molecule has 0 aliphatic rings. The van der Waals surface area contributed by atoms with Crippen LogP contribution in [0.15, 0.2) is 24.3 Å². The fourth-order valence-corrected chi connectivity index (χ4v) is 1.40. The van der Waals surface area contributed by atoms with E-state index in [1.807, 2.05) is 38.2 Å². The number of nitrogens with one attached hydrogen (secondary N) is 1. The van der Waals surface area contributed by atoms with Crippen LogP contribution >= 0.6 is 0 Å². The molecule has 3 heteroatoms. The van der Waals surface area contributed by atoms with Gasteiger partial charge >= 0.3 is 0 Å². The van der Waals surface area contributed by atoms with Crippen LogP contribution in [0.3, 0.4) is 0 Å². The first-order valence-electron chi connectivity index (χ1n) is 5.16. The number of ether oxygens (including phenoxy) is 2. The van der Waals surface area contributed by atoms with E-state index < -0.39 is 0 Å². The van der Waals surface area contributed by atoms with E-state index in [1.165, 1.54) is 0 Å². The van der Waals surface area contributed by atoms with Crippen LogP contribution in [-0.2, 0) is 11.3 Å². The van der Waals surface area contributed by atoms with E-state index in [1.54, 1.807) is 7.11 Å². The Balaban J connectivity index is 2.49. The molecule has 0 aliphatic heterocycles. The van der Waals surface area contributed by atoms with Crippen molar-refractivity contribution in [1.29, 1.82) is 0 Å². The van der Waals surface area contributed by atoms with Crippen LogP contribution in [0.2, 0.25) is 0 Å². The standard InChI is InChI=1S/C12H19NO2/c1-10(8-13-2)15-9-11-6-4-5-7-12(11)14-3/h4-7,10,13H,8-9H2,1-3H3. The third-order valence-electron chi connectivity index (χ3n) is 2.21. The largest absolute Gasteiger partial charge is 0.496 e. The molecule has 1 aromatic rings. The van der Waals surface area contributed by atoms with Crippen molar-refractivity contribution in [3.05, 3.63) is 29.8 Å². The Hall–Kier alpha value is -1.06. The van der Waals surface area contributed by atoms with Gasteiger partial charge in [-0.2, -0.15) is 0 Å². The Bertz CT molecular complexity index is 289. The second-order valence-corrected chi connectivity index (χ2v) is 3.49. The predicted molar refractivity (Wildman–Crippen MR) is 61.2 cm³/mol. The molecule has 0 aromatic heterocycles. The van der Waals surface area contributed by atoms with Crippen molar-refractivity contribution in [2.45, 2.75) is 19.6 Å². The lowest BCUT2D eigenvalue weighted by atomic mass is 10.2. The normalized spacial score (nSPS) is 12.5. The van der Waals surface area contributed by atoms with Gasteiger partial charge in [-0.05, 0) is 20.0 Å². The summed E-state index contributed by atoms with van der Waals surface area (Å²) < 4.78 is 10.9. The van der Waals surface area contributed by atoms with Crippen LogP contribution in [0.5, 0.6) is 5.75 Å². The molecule has 0 fully saturated rings. The first-order valence-corrected chi connectivity index (χ1v) is 5.16. The zero-order valence-electron chi connectivity index (χ0n) is 9.62. The Morgan fingerprint density at radius 2 is 2.07 bits per heavy atom. The molecule has 0 saturated carbocycles. The molecule has 1 aromatic carbocycles. The van der Waals surface area contributed by atoms with Crippen molar-refractivity contribution in [3.8, 4) is 5.75 Å². The van der Waals surface area contributed by atoms with E-state index in [4.69, 9.17) is 9.47 Å². The zero-order valence-corrected chi connectivity index (χ0v) is 9.62. The summed E-state index contributed by atoms with van der Waals surface area (Å²) in [5, 5.41) is 3.08. The number of hydrogen-bond acceptors (Lipinski definition) is 3. The van der Waals surface area contributed by atoms with Crippen molar-refractivity contribution in [3.63, 3.8) is 0 Å². The van der Waals surface area contributed by atoms with Gasteiger partial charge in [0, 0.05) is 12.1 Å². The summed E-state index contributed by atoms with van der Waals surface area (Å²) in [7, 11) is 3.60. The van der Waals surface area contributed by atoms with E-state index in [0.29, 0.717) is 6.61 Å². The molecule has 84 valence electrons. The second kappa shape index (κ2) is 6.43. The Labute approximate surface area is 91.4 Å². The van der Waals surface area contributed by atoms with Crippen LogP contribution in [0.4, 0.5) is 0 Å². The lowest BCUT2D eigenvalue weighted by Gasteiger charge is -2.14. The highest BCUT2D eigenvalue weighted by molar-refractivity contribution is 5.32. The van der Waals surface area contributed by atoms with Crippen molar-refractivity contribution in [2.75, 3.05) is 20.7 Å². The van der Waals surface area contributed by atoms with Crippen molar-refractivity contribution in [1.82, 2.24) is 5.32 Å². The number of likely N-dealkylation sites (N-methyl/N-ethyl adjacent to an activating group) is 1. The number of benzene rings is 1. The fourth-order valence-electron chi connectivity index (χ4n) is 1.40. The van der Waals surface area contributed by atoms with E-state index in [2.05, 4.69) is 5.32 Å². The molecular formula is C12H19NO2. The highest BCUT2D eigenvalue weighted by Gasteiger charge is 2.04. The first-order chi connectivity index (χ1) is 7.27. The van der Waals surface area contributed by atoms with Gasteiger partial charge in [-0.15, -0.1) is 0 Å². The average molecular weight is 209 g/mol. The molecule has 15 heavy (non-hydrogen) atoms. The van der Waals surface area contributed by atoms with E-state index in [9.17, 15) is 0 Å². The highest BCUT2D eigenvalue weighted by Crippen LogP contribution is 2.18. The van der Waals surface area contributed by atoms with Gasteiger partial charge in [0.1, 0.15) is 5.75 Å². The molecule has 3 nitrogen and oxygen atoms in total. The van der Waals surface area contributed by atoms with Crippen LogP contribution in [0, 0.1) is 0 Å². The summed E-state index contributed by atoms with van der Waals surface area (Å²) in [6.45, 7) is 3.49. The maximum absolute atomic E-state index is 5.67. The summed E-state index contributed by atoms with van der Waals surface area (Å²) in [4.78, 5) is 0. The van der Waals surface area contributed by atoms with Gasteiger partial charge in [0.15, 0.2) is 0 Å². The molecule has 1 unspecified atom stereocenters. The predicted octanol–water partition coefficient (Wildman–Crippen LogP) is 1.82. The summed E-state index contributed by atoms with van der Waals surface area (Å²) in [6, 6.07) is 7.91. The van der Waals surface area contributed by atoms with Crippen LogP contribution < -0.4 is 10.1 Å². The van der Waals surface area contributed by atoms with Gasteiger partial charge < -0.3 is 14.8 Å². The average Bonchev–Trinajstić information content (AvgIpc) is 2.27. The Morgan fingerprint density at radius 3 is 2.73 bits per heavy atom. The SMILES string of the molecule is CNCC(C)OCc1ccccc1OC. The minimum Gasteiger partial charge on any atom is -0.496 e. The molecule has 0 bridgehead atoms. The van der Waals surface area contributed by atoms with E-state index >= 15 is 0 Å². The Kier molecular flexibility index (Phi) is 5.15. The van der Waals surface area contributed by atoms with Gasteiger partial charge in [0.05, 0.1) is 19.8 Å². The maximum Gasteiger partial charge on any atom is 0.124 e. The van der Waals surface area contributed by atoms with Gasteiger partial charge in [-0.25, -0.2) is 0 Å². The highest BCUT2D eigenvalue weighted by atomic mass is 16.5. The number of para-hydroxylation sites is 1. The fraction of sp³-hybridized carbons (Fsp3) is 0.500. The van der Waals surface area contributed by atoms with Crippen LogP contribution in [0.1, 0.15) is 12.5 Å². The third-order valence-corrected chi connectivity index (χ3v) is 2.21. The summed E-state index contributed by atoms with van der Waals surface area (Å²) in [6.07, 6.45) is 0.208. The van der Waals surface area contributed by atoms with Crippen LogP contribution in [-0.4, -0.2) is 26.8 Å². The van der Waals surface area contributed by atoms with Crippen LogP contribution in [0.25, 0.3) is 0 Å². The lowest BCUT2D eigenvalue weighted by Crippen LogP contribution is -2.23. The molecule has 1 N–H and O–H groups in total. The summed E-state index contributed by atoms with van der Waals surface area (Å²) in [5.74, 6) is 0.883. The molecule has 0 heterocycles. The minimum atomic E-state index is 0.208. The smallest absolute Gasteiger partial charge is 0.124 e. The molecule has 0 radical (unpaired) electrons. The van der Waals surface area contributed by atoms with E-state index in [-0.39, 0.29) is 6.10 Å². The van der Waals surface area contributed by atoms with Gasteiger partial charge in [0.2, 0.25) is 0 Å². The molecule has 0 spiro atoms. The monoisotopic (exact) mass is 209 g/mol. The maximum atomic E-state index is 5.67. The zero-order chi connectivity index (χ0) is 11.1. The minimum absolute atomic E-state index is 0.208. The summed E-state index contributed by atoms with van der Waals surface area (Å²) >= 11 is 0. The van der Waals surface area contributed by atoms with Crippen molar-refractivity contribution in [2.24, 2.45) is 0 Å². The van der Waals surface area contributed by atoms with E-state index in [0.717, 1.165) is 17.9 Å². The quantitative estimate of drug-likeness (QED) is 0.775. The van der Waals surface area contributed by atoms with Crippen molar-refractivity contribution >= 4 is 0 Å². The topological polar surface area (TPSA) is 30.5 Å². The Morgan fingerprint density at radius 1 is 1.33 bits per heavy atom. The molecular weight excluding hydrogens is 190 g/mol.